The summed E-state index contributed by atoms with van der Waals surface area (Å²) in [5, 5.41) is 12.2. The van der Waals surface area contributed by atoms with E-state index in [0.717, 1.165) is 18.5 Å². The van der Waals surface area contributed by atoms with E-state index in [4.69, 9.17) is 0 Å². The molecule has 0 spiro atoms. The van der Waals surface area contributed by atoms with Crippen molar-refractivity contribution < 1.29 is 5.11 Å². The van der Waals surface area contributed by atoms with Crippen LogP contribution in [-0.2, 0) is 12.6 Å². The Labute approximate surface area is 124 Å². The molecule has 0 unspecified atom stereocenters. The number of hydrogen-bond donors (Lipinski definition) is 1. The fourth-order valence-electron chi connectivity index (χ4n) is 3.66. The molecule has 2 aromatic carbocycles. The Bertz CT molecular complexity index is 782. The fourth-order valence-corrected chi connectivity index (χ4v) is 3.66. The molecule has 4 rings (SSSR count). The maximum atomic E-state index is 11.0. The Balaban J connectivity index is 1.66. The van der Waals surface area contributed by atoms with Crippen LogP contribution in [0.15, 0.2) is 60.7 Å². The molecule has 21 heavy (non-hydrogen) atoms. The van der Waals surface area contributed by atoms with Gasteiger partial charge in [0.1, 0.15) is 5.60 Å². The summed E-state index contributed by atoms with van der Waals surface area (Å²) >= 11 is 0. The number of rotatable bonds is 2. The van der Waals surface area contributed by atoms with Crippen molar-refractivity contribution in [2.45, 2.75) is 24.4 Å². The summed E-state index contributed by atoms with van der Waals surface area (Å²) in [4.78, 5) is 0. The third-order valence-corrected chi connectivity index (χ3v) is 4.87. The molecule has 1 N–H and O–H groups in total. The van der Waals surface area contributed by atoms with Gasteiger partial charge in [0.15, 0.2) is 0 Å². The van der Waals surface area contributed by atoms with Crippen LogP contribution in [0, 0.1) is 0 Å². The second-order valence-corrected chi connectivity index (χ2v) is 6.19. The number of para-hydroxylation sites is 1. The summed E-state index contributed by atoms with van der Waals surface area (Å²) in [6.45, 7) is 0. The summed E-state index contributed by atoms with van der Waals surface area (Å²) in [6.07, 6.45) is 1.61. The molecular formula is C19H19NO. The molecule has 3 aromatic rings. The molecule has 2 heteroatoms. The van der Waals surface area contributed by atoms with E-state index >= 15 is 0 Å². The lowest BCUT2D eigenvalue weighted by Crippen LogP contribution is -2.41. The summed E-state index contributed by atoms with van der Waals surface area (Å²) in [5.41, 5.74) is 2.87. The van der Waals surface area contributed by atoms with Crippen molar-refractivity contribution in [3.05, 3.63) is 71.9 Å². The molecule has 1 aliphatic carbocycles. The second kappa shape index (κ2) is 4.47. The normalized spacial score (nSPS) is 25.0. The van der Waals surface area contributed by atoms with Gasteiger partial charge in [-0.25, -0.2) is 0 Å². The minimum Gasteiger partial charge on any atom is -0.384 e. The Morgan fingerprint density at radius 3 is 2.38 bits per heavy atom. The Morgan fingerprint density at radius 1 is 1.00 bits per heavy atom. The minimum atomic E-state index is -0.686. The minimum absolute atomic E-state index is 0.467. The summed E-state index contributed by atoms with van der Waals surface area (Å²) in [5.74, 6) is 0.467. The van der Waals surface area contributed by atoms with Crippen LogP contribution in [0.4, 0.5) is 0 Å². The highest BCUT2D eigenvalue weighted by molar-refractivity contribution is 5.81. The van der Waals surface area contributed by atoms with Crippen LogP contribution in [0.1, 0.15) is 30.0 Å². The second-order valence-electron chi connectivity index (χ2n) is 6.19. The lowest BCUT2D eigenvalue weighted by atomic mass is 9.66. The molecule has 0 radical (unpaired) electrons. The SMILES string of the molecule is Cn1c(C2(O)CC(c3ccccc3)C2)cc2ccccc21. The van der Waals surface area contributed by atoms with E-state index in [0.29, 0.717) is 5.92 Å². The van der Waals surface area contributed by atoms with E-state index in [-0.39, 0.29) is 0 Å². The highest BCUT2D eigenvalue weighted by Crippen LogP contribution is 2.51. The average Bonchev–Trinajstić information content (AvgIpc) is 2.83. The number of benzene rings is 2. The number of aromatic nitrogens is 1. The molecule has 1 heterocycles. The van der Waals surface area contributed by atoms with Crippen molar-refractivity contribution in [2.24, 2.45) is 7.05 Å². The van der Waals surface area contributed by atoms with E-state index in [1.54, 1.807) is 0 Å². The standard InChI is InChI=1S/C19H19NO/c1-20-17-10-6-5-9-15(17)11-18(20)19(21)12-16(13-19)14-7-3-2-4-8-14/h2-11,16,21H,12-13H2,1H3. The molecule has 0 amide bonds. The fraction of sp³-hybridized carbons (Fsp3) is 0.263. The van der Waals surface area contributed by atoms with Gasteiger partial charge in [0.05, 0.1) is 5.69 Å². The van der Waals surface area contributed by atoms with E-state index in [2.05, 4.69) is 47.0 Å². The molecule has 1 fully saturated rings. The molecule has 0 aliphatic heterocycles. The monoisotopic (exact) mass is 277 g/mol. The zero-order valence-corrected chi connectivity index (χ0v) is 12.2. The van der Waals surface area contributed by atoms with E-state index < -0.39 is 5.60 Å². The third kappa shape index (κ3) is 1.90. The van der Waals surface area contributed by atoms with E-state index in [9.17, 15) is 5.11 Å². The molecule has 0 bridgehead atoms. The van der Waals surface area contributed by atoms with Gasteiger partial charge in [-0.15, -0.1) is 0 Å². The summed E-state index contributed by atoms with van der Waals surface area (Å²) in [6, 6.07) is 20.9. The van der Waals surface area contributed by atoms with Gasteiger partial charge in [0.2, 0.25) is 0 Å². The van der Waals surface area contributed by atoms with Crippen LogP contribution < -0.4 is 0 Å². The zero-order valence-electron chi connectivity index (χ0n) is 12.2. The molecular weight excluding hydrogens is 258 g/mol. The number of nitrogens with zero attached hydrogens (tertiary/aromatic N) is 1. The van der Waals surface area contributed by atoms with E-state index in [1.807, 2.05) is 25.2 Å². The van der Waals surface area contributed by atoms with Crippen LogP contribution in [0.5, 0.6) is 0 Å². The predicted molar refractivity (Wildman–Crippen MR) is 85.2 cm³/mol. The average molecular weight is 277 g/mol. The number of hydrogen-bond acceptors (Lipinski definition) is 1. The van der Waals surface area contributed by atoms with Crippen molar-refractivity contribution in [2.75, 3.05) is 0 Å². The van der Waals surface area contributed by atoms with Gasteiger partial charge in [-0.1, -0.05) is 48.5 Å². The maximum Gasteiger partial charge on any atom is 0.106 e. The van der Waals surface area contributed by atoms with Crippen molar-refractivity contribution in [1.82, 2.24) is 4.57 Å². The van der Waals surface area contributed by atoms with Crippen LogP contribution in [-0.4, -0.2) is 9.67 Å². The van der Waals surface area contributed by atoms with Gasteiger partial charge >= 0.3 is 0 Å². The quantitative estimate of drug-likeness (QED) is 0.754. The van der Waals surface area contributed by atoms with Crippen LogP contribution in [0.25, 0.3) is 10.9 Å². The lowest BCUT2D eigenvalue weighted by molar-refractivity contribution is -0.0604. The van der Waals surface area contributed by atoms with Crippen molar-refractivity contribution in [3.63, 3.8) is 0 Å². The zero-order chi connectivity index (χ0) is 14.4. The molecule has 0 saturated heterocycles. The molecule has 0 atom stereocenters. The van der Waals surface area contributed by atoms with E-state index in [1.165, 1.54) is 16.5 Å². The van der Waals surface area contributed by atoms with Gasteiger partial charge in [-0.2, -0.15) is 0 Å². The van der Waals surface area contributed by atoms with Crippen molar-refractivity contribution >= 4 is 10.9 Å². The first-order valence-electron chi connectivity index (χ1n) is 7.50. The smallest absolute Gasteiger partial charge is 0.106 e. The summed E-state index contributed by atoms with van der Waals surface area (Å²) in [7, 11) is 2.05. The number of aryl methyl sites for hydroxylation is 1. The Kier molecular flexibility index (Phi) is 2.69. The molecule has 1 saturated carbocycles. The highest BCUT2D eigenvalue weighted by atomic mass is 16.3. The predicted octanol–water partition coefficient (Wildman–Crippen LogP) is 3.94. The van der Waals surface area contributed by atoms with Gasteiger partial charge < -0.3 is 9.67 Å². The largest absolute Gasteiger partial charge is 0.384 e. The topological polar surface area (TPSA) is 25.2 Å². The van der Waals surface area contributed by atoms with Crippen LogP contribution in [0.2, 0.25) is 0 Å². The van der Waals surface area contributed by atoms with Crippen LogP contribution >= 0.6 is 0 Å². The first-order chi connectivity index (χ1) is 10.2. The number of aliphatic hydroxyl groups is 1. The van der Waals surface area contributed by atoms with Gasteiger partial charge in [0, 0.05) is 12.6 Å². The highest BCUT2D eigenvalue weighted by Gasteiger charge is 2.46. The molecule has 1 aromatic heterocycles. The first-order valence-corrected chi connectivity index (χ1v) is 7.50. The van der Waals surface area contributed by atoms with Crippen molar-refractivity contribution in [1.29, 1.82) is 0 Å². The Morgan fingerprint density at radius 2 is 1.67 bits per heavy atom. The molecule has 106 valence electrons. The molecule has 2 nitrogen and oxygen atoms in total. The van der Waals surface area contributed by atoms with Crippen molar-refractivity contribution in [3.8, 4) is 0 Å². The lowest BCUT2D eigenvalue weighted by Gasteiger charge is -2.44. The van der Waals surface area contributed by atoms with Gasteiger partial charge in [-0.3, -0.25) is 0 Å². The molecule has 1 aliphatic rings. The number of fused-ring (bicyclic) bond motifs is 1. The third-order valence-electron chi connectivity index (χ3n) is 4.87. The Hall–Kier alpha value is -2.06. The maximum absolute atomic E-state index is 11.0. The van der Waals surface area contributed by atoms with Gasteiger partial charge in [0.25, 0.3) is 0 Å². The summed E-state index contributed by atoms with van der Waals surface area (Å²) < 4.78 is 2.14. The first kappa shape index (κ1) is 12.7. The van der Waals surface area contributed by atoms with Crippen LogP contribution in [0.3, 0.4) is 0 Å². The van der Waals surface area contributed by atoms with Gasteiger partial charge in [-0.05, 0) is 41.8 Å².